The lowest BCUT2D eigenvalue weighted by molar-refractivity contribution is 0.0615. The van der Waals surface area contributed by atoms with Crippen molar-refractivity contribution in [2.45, 2.75) is 25.8 Å². The first kappa shape index (κ1) is 16.5. The summed E-state index contributed by atoms with van der Waals surface area (Å²) in [6, 6.07) is 2.28. The normalized spacial score (nSPS) is 20.2. The van der Waals surface area contributed by atoms with Gasteiger partial charge in [0.05, 0.1) is 24.4 Å². The molecule has 2 aliphatic rings. The second-order valence-corrected chi connectivity index (χ2v) is 7.16. The maximum absolute atomic E-state index is 12.8. The highest BCUT2D eigenvalue weighted by atomic mass is 16.3. The molecule has 25 heavy (non-hydrogen) atoms. The van der Waals surface area contributed by atoms with Gasteiger partial charge in [0.1, 0.15) is 0 Å². The van der Waals surface area contributed by atoms with Gasteiger partial charge in [-0.05, 0) is 31.7 Å². The molecule has 1 aliphatic heterocycles. The van der Waals surface area contributed by atoms with Crippen LogP contribution >= 0.6 is 0 Å². The van der Waals surface area contributed by atoms with Gasteiger partial charge in [0.25, 0.3) is 5.91 Å². The van der Waals surface area contributed by atoms with Crippen molar-refractivity contribution in [3.63, 3.8) is 0 Å². The Morgan fingerprint density at radius 1 is 1.28 bits per heavy atom. The zero-order valence-corrected chi connectivity index (χ0v) is 14.6. The average molecular weight is 343 g/mol. The SMILES string of the molecule is CC(C1CC1)n1ncc2cc(C(=O)N3CCN(CCO)CC3)cnc21. The second-order valence-electron chi connectivity index (χ2n) is 7.16. The van der Waals surface area contributed by atoms with Crippen molar-refractivity contribution >= 4 is 16.9 Å². The van der Waals surface area contributed by atoms with Gasteiger partial charge in [-0.3, -0.25) is 9.69 Å². The third kappa shape index (κ3) is 3.26. The van der Waals surface area contributed by atoms with Crippen molar-refractivity contribution in [2.24, 2.45) is 5.92 Å². The van der Waals surface area contributed by atoms with E-state index in [4.69, 9.17) is 5.11 Å². The maximum Gasteiger partial charge on any atom is 0.255 e. The largest absolute Gasteiger partial charge is 0.395 e. The van der Waals surface area contributed by atoms with Crippen molar-refractivity contribution in [1.82, 2.24) is 24.6 Å². The summed E-state index contributed by atoms with van der Waals surface area (Å²) in [5.74, 6) is 0.738. The minimum absolute atomic E-state index is 0.0287. The Kier molecular flexibility index (Phi) is 4.43. The van der Waals surface area contributed by atoms with E-state index in [9.17, 15) is 4.79 Å². The van der Waals surface area contributed by atoms with Crippen molar-refractivity contribution in [3.8, 4) is 0 Å². The van der Waals surface area contributed by atoms with E-state index in [1.54, 1.807) is 6.20 Å². The summed E-state index contributed by atoms with van der Waals surface area (Å²) in [6.07, 6.45) is 6.03. The topological polar surface area (TPSA) is 74.5 Å². The molecule has 4 rings (SSSR count). The van der Waals surface area contributed by atoms with E-state index in [0.717, 1.165) is 24.1 Å². The number of β-amino-alcohol motifs (C(OH)–C–C–N with tert-alkyl or cyclic N) is 1. The molecule has 2 fully saturated rings. The highest BCUT2D eigenvalue weighted by Gasteiger charge is 2.31. The smallest absolute Gasteiger partial charge is 0.255 e. The summed E-state index contributed by atoms with van der Waals surface area (Å²) in [5, 5.41) is 14.4. The first-order valence-corrected chi connectivity index (χ1v) is 9.13. The lowest BCUT2D eigenvalue weighted by atomic mass is 10.2. The third-order valence-electron chi connectivity index (χ3n) is 5.45. The van der Waals surface area contributed by atoms with Gasteiger partial charge in [-0.1, -0.05) is 0 Å². The molecular formula is C18H25N5O2. The fourth-order valence-electron chi connectivity index (χ4n) is 3.63. The first-order valence-electron chi connectivity index (χ1n) is 9.13. The Morgan fingerprint density at radius 2 is 2.04 bits per heavy atom. The lowest BCUT2D eigenvalue weighted by Crippen LogP contribution is -2.49. The van der Waals surface area contributed by atoms with Crippen LogP contribution in [0, 0.1) is 5.92 Å². The van der Waals surface area contributed by atoms with Crippen LogP contribution in [0.1, 0.15) is 36.2 Å². The van der Waals surface area contributed by atoms with Gasteiger partial charge < -0.3 is 10.0 Å². The molecule has 1 N–H and O–H groups in total. The minimum Gasteiger partial charge on any atom is -0.395 e. The van der Waals surface area contributed by atoms with E-state index in [2.05, 4.69) is 21.9 Å². The van der Waals surface area contributed by atoms with E-state index in [-0.39, 0.29) is 12.5 Å². The Morgan fingerprint density at radius 3 is 2.72 bits per heavy atom. The summed E-state index contributed by atoms with van der Waals surface area (Å²) in [5.41, 5.74) is 1.49. The maximum atomic E-state index is 12.8. The summed E-state index contributed by atoms with van der Waals surface area (Å²) in [7, 11) is 0. The highest BCUT2D eigenvalue weighted by molar-refractivity contribution is 5.96. The van der Waals surface area contributed by atoms with Gasteiger partial charge in [0.15, 0.2) is 5.65 Å². The van der Waals surface area contributed by atoms with E-state index < -0.39 is 0 Å². The molecule has 0 spiro atoms. The number of fused-ring (bicyclic) bond motifs is 1. The summed E-state index contributed by atoms with van der Waals surface area (Å²) in [6.45, 7) is 6.02. The zero-order chi connectivity index (χ0) is 17.4. The number of carbonyl (C=O) groups is 1. The van der Waals surface area contributed by atoms with Gasteiger partial charge in [-0.25, -0.2) is 9.67 Å². The fraction of sp³-hybridized carbons (Fsp3) is 0.611. The number of carbonyl (C=O) groups excluding carboxylic acids is 1. The molecular weight excluding hydrogens is 318 g/mol. The number of nitrogens with zero attached hydrogens (tertiary/aromatic N) is 5. The van der Waals surface area contributed by atoms with E-state index in [0.29, 0.717) is 37.2 Å². The van der Waals surface area contributed by atoms with Crippen LogP contribution in [-0.4, -0.2) is 74.9 Å². The van der Waals surface area contributed by atoms with Crippen LogP contribution in [0.15, 0.2) is 18.5 Å². The van der Waals surface area contributed by atoms with E-state index in [1.807, 2.05) is 21.8 Å². The number of rotatable bonds is 5. The Balaban J connectivity index is 1.49. The van der Waals surface area contributed by atoms with Crippen molar-refractivity contribution in [2.75, 3.05) is 39.3 Å². The fourth-order valence-corrected chi connectivity index (χ4v) is 3.63. The molecule has 0 radical (unpaired) electrons. The Hall–Kier alpha value is -1.99. The minimum atomic E-state index is 0.0287. The van der Waals surface area contributed by atoms with Gasteiger partial charge in [0, 0.05) is 44.3 Å². The molecule has 7 heteroatoms. The second kappa shape index (κ2) is 6.72. The van der Waals surface area contributed by atoms with Gasteiger partial charge in [-0.2, -0.15) is 5.10 Å². The zero-order valence-electron chi connectivity index (χ0n) is 14.6. The van der Waals surface area contributed by atoms with Crippen molar-refractivity contribution in [1.29, 1.82) is 0 Å². The lowest BCUT2D eigenvalue weighted by Gasteiger charge is -2.34. The number of piperazine rings is 1. The van der Waals surface area contributed by atoms with Crippen LogP contribution in [-0.2, 0) is 0 Å². The third-order valence-corrected chi connectivity index (χ3v) is 5.45. The quantitative estimate of drug-likeness (QED) is 0.882. The summed E-state index contributed by atoms with van der Waals surface area (Å²) < 4.78 is 1.99. The van der Waals surface area contributed by atoms with Crippen molar-refractivity contribution in [3.05, 3.63) is 24.0 Å². The molecule has 1 amide bonds. The molecule has 7 nitrogen and oxygen atoms in total. The van der Waals surface area contributed by atoms with E-state index in [1.165, 1.54) is 12.8 Å². The van der Waals surface area contributed by atoms with Crippen LogP contribution in [0.5, 0.6) is 0 Å². The van der Waals surface area contributed by atoms with Crippen LogP contribution in [0.25, 0.3) is 11.0 Å². The molecule has 0 bridgehead atoms. The van der Waals surface area contributed by atoms with Gasteiger partial charge in [-0.15, -0.1) is 0 Å². The number of amides is 1. The number of aromatic nitrogens is 3. The molecule has 1 aliphatic carbocycles. The summed E-state index contributed by atoms with van der Waals surface area (Å²) in [4.78, 5) is 21.3. The number of hydrogen-bond donors (Lipinski definition) is 1. The number of hydrogen-bond acceptors (Lipinski definition) is 5. The van der Waals surface area contributed by atoms with Crippen LogP contribution in [0.3, 0.4) is 0 Å². The molecule has 1 saturated carbocycles. The highest BCUT2D eigenvalue weighted by Crippen LogP contribution is 2.39. The molecule has 0 aromatic carbocycles. The molecule has 1 saturated heterocycles. The van der Waals surface area contributed by atoms with Crippen molar-refractivity contribution < 1.29 is 9.90 Å². The standard InChI is InChI=1S/C18H25N5O2/c1-13(14-2-3-14)23-17-15(12-20-23)10-16(11-19-17)18(25)22-6-4-21(5-7-22)8-9-24/h10-14,24H,2-9H2,1H3. The summed E-state index contributed by atoms with van der Waals surface area (Å²) >= 11 is 0. The van der Waals surface area contributed by atoms with Crippen LogP contribution in [0.4, 0.5) is 0 Å². The van der Waals surface area contributed by atoms with Crippen LogP contribution < -0.4 is 0 Å². The molecule has 134 valence electrons. The number of pyridine rings is 1. The monoisotopic (exact) mass is 343 g/mol. The molecule has 1 unspecified atom stereocenters. The molecule has 2 aromatic rings. The molecule has 1 atom stereocenters. The van der Waals surface area contributed by atoms with Gasteiger partial charge in [0.2, 0.25) is 0 Å². The first-order chi connectivity index (χ1) is 12.2. The molecule has 2 aromatic heterocycles. The van der Waals surface area contributed by atoms with E-state index >= 15 is 0 Å². The number of aliphatic hydroxyl groups excluding tert-OH is 1. The predicted molar refractivity (Wildman–Crippen MR) is 94.4 cm³/mol. The number of aliphatic hydroxyl groups is 1. The van der Waals surface area contributed by atoms with Crippen LogP contribution in [0.2, 0.25) is 0 Å². The average Bonchev–Trinajstić information content (AvgIpc) is 3.40. The Bertz CT molecular complexity index is 762. The van der Waals surface area contributed by atoms with Gasteiger partial charge >= 0.3 is 0 Å². The predicted octanol–water partition coefficient (Wildman–Crippen LogP) is 1.15. The Labute approximate surface area is 147 Å². The molecule has 3 heterocycles.